The second-order valence-electron chi connectivity index (χ2n) is 2.83. The lowest BCUT2D eigenvalue weighted by molar-refractivity contribution is -0.121. The zero-order valence-electron chi connectivity index (χ0n) is 7.75. The fraction of sp³-hybridized carbons (Fsp3) is 0.556. The van der Waals surface area contributed by atoms with Crippen LogP contribution in [0.3, 0.4) is 0 Å². The van der Waals surface area contributed by atoms with Gasteiger partial charge in [0.15, 0.2) is 0 Å². The lowest BCUT2D eigenvalue weighted by Crippen LogP contribution is -2.25. The van der Waals surface area contributed by atoms with Crippen molar-refractivity contribution < 1.29 is 4.79 Å². The molecule has 0 unspecified atom stereocenters. The molecule has 0 aliphatic heterocycles. The van der Waals surface area contributed by atoms with Crippen LogP contribution >= 0.6 is 11.3 Å². The molecular weight excluding hydrogens is 184 g/mol. The molecule has 0 spiro atoms. The Morgan fingerprint density at radius 3 is 3.15 bits per heavy atom. The lowest BCUT2D eigenvalue weighted by Gasteiger charge is -2.01. The molecule has 0 aliphatic rings. The average molecular weight is 198 g/mol. The average Bonchev–Trinajstić information content (AvgIpc) is 2.57. The van der Waals surface area contributed by atoms with Gasteiger partial charge in [0.05, 0.1) is 11.2 Å². The molecule has 1 aromatic rings. The molecule has 13 heavy (non-hydrogen) atoms. The van der Waals surface area contributed by atoms with Gasteiger partial charge in [0, 0.05) is 24.8 Å². The van der Waals surface area contributed by atoms with Crippen molar-refractivity contribution in [3.05, 3.63) is 16.6 Å². The highest BCUT2D eigenvalue weighted by molar-refractivity contribution is 7.07. The van der Waals surface area contributed by atoms with Crippen LogP contribution in [0.1, 0.15) is 25.5 Å². The van der Waals surface area contributed by atoms with Crippen LogP contribution in [0.25, 0.3) is 0 Å². The first kappa shape index (κ1) is 10.2. The Balaban J connectivity index is 2.11. The van der Waals surface area contributed by atoms with E-state index in [4.69, 9.17) is 0 Å². The molecule has 1 rings (SSSR count). The van der Waals surface area contributed by atoms with Gasteiger partial charge in [0.25, 0.3) is 0 Å². The maximum atomic E-state index is 11.0. The first-order chi connectivity index (χ1) is 6.33. The van der Waals surface area contributed by atoms with E-state index in [1.165, 1.54) is 0 Å². The zero-order valence-corrected chi connectivity index (χ0v) is 8.56. The van der Waals surface area contributed by atoms with Crippen molar-refractivity contribution in [3.63, 3.8) is 0 Å². The number of nitrogens with zero attached hydrogens (tertiary/aromatic N) is 1. The topological polar surface area (TPSA) is 42.0 Å². The standard InChI is InChI=1S/C9H14N2OS/c1-2-3-9(12)10-5-4-8-6-13-7-11-8/h6-7H,2-5H2,1H3,(H,10,12). The number of thiazole rings is 1. The molecule has 0 aromatic carbocycles. The van der Waals surface area contributed by atoms with Gasteiger partial charge >= 0.3 is 0 Å². The largest absolute Gasteiger partial charge is 0.356 e. The van der Waals surface area contributed by atoms with Gasteiger partial charge in [0.1, 0.15) is 0 Å². The van der Waals surface area contributed by atoms with Crippen molar-refractivity contribution in [2.24, 2.45) is 0 Å². The van der Waals surface area contributed by atoms with E-state index in [-0.39, 0.29) is 5.91 Å². The van der Waals surface area contributed by atoms with E-state index in [0.29, 0.717) is 13.0 Å². The van der Waals surface area contributed by atoms with Gasteiger partial charge < -0.3 is 5.32 Å². The van der Waals surface area contributed by atoms with Crippen molar-refractivity contribution in [2.75, 3.05) is 6.54 Å². The second-order valence-corrected chi connectivity index (χ2v) is 3.55. The molecule has 1 amide bonds. The first-order valence-corrected chi connectivity index (χ1v) is 5.41. The van der Waals surface area contributed by atoms with E-state index < -0.39 is 0 Å². The Bertz CT molecular complexity index is 246. The third kappa shape index (κ3) is 4.03. The summed E-state index contributed by atoms with van der Waals surface area (Å²) in [4.78, 5) is 15.2. The second kappa shape index (κ2) is 5.70. The minimum Gasteiger partial charge on any atom is -0.356 e. The quantitative estimate of drug-likeness (QED) is 0.781. The van der Waals surface area contributed by atoms with Gasteiger partial charge in [-0.05, 0) is 6.42 Å². The van der Waals surface area contributed by atoms with Crippen LogP contribution in [0.5, 0.6) is 0 Å². The van der Waals surface area contributed by atoms with Crippen molar-refractivity contribution in [3.8, 4) is 0 Å². The summed E-state index contributed by atoms with van der Waals surface area (Å²) in [5, 5.41) is 4.85. The van der Waals surface area contributed by atoms with Crippen molar-refractivity contribution in [2.45, 2.75) is 26.2 Å². The first-order valence-electron chi connectivity index (χ1n) is 4.46. The van der Waals surface area contributed by atoms with Crippen LogP contribution in [0.15, 0.2) is 10.9 Å². The van der Waals surface area contributed by atoms with Gasteiger partial charge in [-0.15, -0.1) is 11.3 Å². The predicted molar refractivity (Wildman–Crippen MR) is 53.7 cm³/mol. The van der Waals surface area contributed by atoms with Crippen molar-refractivity contribution in [1.82, 2.24) is 10.3 Å². The zero-order chi connectivity index (χ0) is 9.52. The molecule has 3 nitrogen and oxygen atoms in total. The maximum absolute atomic E-state index is 11.0. The van der Waals surface area contributed by atoms with E-state index >= 15 is 0 Å². The lowest BCUT2D eigenvalue weighted by atomic mass is 10.3. The fourth-order valence-corrected chi connectivity index (χ4v) is 1.60. The van der Waals surface area contributed by atoms with Gasteiger partial charge in [-0.3, -0.25) is 4.79 Å². The van der Waals surface area contributed by atoms with Crippen LogP contribution < -0.4 is 5.32 Å². The molecule has 0 atom stereocenters. The van der Waals surface area contributed by atoms with Crippen LogP contribution in [0, 0.1) is 0 Å². The Labute approximate surface area is 82.2 Å². The number of carbonyl (C=O) groups excluding carboxylic acids is 1. The monoisotopic (exact) mass is 198 g/mol. The number of aromatic nitrogens is 1. The molecule has 0 saturated carbocycles. The Morgan fingerprint density at radius 2 is 2.54 bits per heavy atom. The minimum atomic E-state index is 0.137. The summed E-state index contributed by atoms with van der Waals surface area (Å²) in [5.74, 6) is 0.137. The summed E-state index contributed by atoms with van der Waals surface area (Å²) in [7, 11) is 0. The number of nitrogens with one attached hydrogen (secondary N) is 1. The predicted octanol–water partition coefficient (Wildman–Crippen LogP) is 1.60. The molecule has 1 N–H and O–H groups in total. The molecule has 1 aromatic heterocycles. The highest BCUT2D eigenvalue weighted by atomic mass is 32.1. The summed E-state index contributed by atoms with van der Waals surface area (Å²) >= 11 is 1.58. The van der Waals surface area contributed by atoms with Crippen molar-refractivity contribution in [1.29, 1.82) is 0 Å². The number of amides is 1. The van der Waals surface area contributed by atoms with Gasteiger partial charge in [0.2, 0.25) is 5.91 Å². The molecule has 0 aliphatic carbocycles. The maximum Gasteiger partial charge on any atom is 0.219 e. The molecule has 0 radical (unpaired) electrons. The molecular formula is C9H14N2OS. The molecule has 4 heteroatoms. The molecule has 0 fully saturated rings. The SMILES string of the molecule is CCCC(=O)NCCc1cscn1. The normalized spacial score (nSPS) is 9.92. The molecule has 72 valence electrons. The molecule has 0 saturated heterocycles. The molecule has 0 bridgehead atoms. The highest BCUT2D eigenvalue weighted by Gasteiger charge is 1.99. The highest BCUT2D eigenvalue weighted by Crippen LogP contribution is 2.00. The molecule has 1 heterocycles. The van der Waals surface area contributed by atoms with Gasteiger partial charge in [-0.1, -0.05) is 6.92 Å². The van der Waals surface area contributed by atoms with E-state index in [1.54, 1.807) is 11.3 Å². The number of hydrogen-bond acceptors (Lipinski definition) is 3. The number of rotatable bonds is 5. The number of hydrogen-bond donors (Lipinski definition) is 1. The number of carbonyl (C=O) groups is 1. The third-order valence-electron chi connectivity index (χ3n) is 1.66. The summed E-state index contributed by atoms with van der Waals surface area (Å²) in [6.45, 7) is 2.70. The van der Waals surface area contributed by atoms with E-state index in [2.05, 4.69) is 10.3 Å². The van der Waals surface area contributed by atoms with Crippen LogP contribution in [-0.4, -0.2) is 17.4 Å². The fourth-order valence-electron chi connectivity index (χ4n) is 1.01. The Kier molecular flexibility index (Phi) is 4.46. The van der Waals surface area contributed by atoms with Crippen molar-refractivity contribution >= 4 is 17.2 Å². The van der Waals surface area contributed by atoms with Gasteiger partial charge in [-0.2, -0.15) is 0 Å². The van der Waals surface area contributed by atoms with Crippen LogP contribution in [0.2, 0.25) is 0 Å². The van der Waals surface area contributed by atoms with E-state index in [1.807, 2.05) is 17.8 Å². The summed E-state index contributed by atoms with van der Waals surface area (Å²) < 4.78 is 0. The van der Waals surface area contributed by atoms with Crippen LogP contribution in [0.4, 0.5) is 0 Å². The van der Waals surface area contributed by atoms with E-state index in [9.17, 15) is 4.79 Å². The Hall–Kier alpha value is -0.900. The van der Waals surface area contributed by atoms with E-state index in [0.717, 1.165) is 18.5 Å². The summed E-state index contributed by atoms with van der Waals surface area (Å²) in [6.07, 6.45) is 2.36. The Morgan fingerprint density at radius 1 is 1.69 bits per heavy atom. The third-order valence-corrected chi connectivity index (χ3v) is 2.30. The van der Waals surface area contributed by atoms with Crippen LogP contribution in [-0.2, 0) is 11.2 Å². The summed E-state index contributed by atoms with van der Waals surface area (Å²) in [5.41, 5.74) is 2.87. The smallest absolute Gasteiger partial charge is 0.219 e. The summed E-state index contributed by atoms with van der Waals surface area (Å²) in [6, 6.07) is 0. The van der Waals surface area contributed by atoms with Gasteiger partial charge in [-0.25, -0.2) is 4.98 Å². The minimum absolute atomic E-state index is 0.137.